The zero-order valence-electron chi connectivity index (χ0n) is 11.0. The van der Waals surface area contributed by atoms with Gasteiger partial charge in [-0.1, -0.05) is 0 Å². The average Bonchev–Trinajstić information content (AvgIpc) is 2.36. The van der Waals surface area contributed by atoms with Crippen LogP contribution in [0.5, 0.6) is 0 Å². The lowest BCUT2D eigenvalue weighted by molar-refractivity contribution is 0.328. The zero-order valence-corrected chi connectivity index (χ0v) is 13.4. The summed E-state index contributed by atoms with van der Waals surface area (Å²) in [5, 5.41) is 9.12. The Bertz CT molecular complexity index is 554. The van der Waals surface area contributed by atoms with Crippen LogP contribution in [0.2, 0.25) is 0 Å². The fourth-order valence-corrected chi connectivity index (χ4v) is 5.61. The molecule has 0 bridgehead atoms. The molecule has 0 unspecified atom stereocenters. The molecule has 0 N–H and O–H groups in total. The molecule has 110 valence electrons. The molecule has 1 aliphatic rings. The van der Waals surface area contributed by atoms with E-state index in [0.29, 0.717) is 12.8 Å². The molecule has 0 spiro atoms. The molecule has 0 saturated carbocycles. The van der Waals surface area contributed by atoms with Gasteiger partial charge in [0.05, 0.1) is 17.6 Å². The molecule has 0 aromatic heterocycles. The predicted molar refractivity (Wildman–Crippen MR) is 76.2 cm³/mol. The lowest BCUT2D eigenvalue weighted by atomic mass is 9.99. The van der Waals surface area contributed by atoms with Crippen molar-refractivity contribution in [2.24, 2.45) is 0 Å². The first-order valence-corrected chi connectivity index (χ1v) is 10.7. The summed E-state index contributed by atoms with van der Waals surface area (Å²) >= 11 is 1.44. The smallest absolute Gasteiger partial charge is 0.215 e. The molecule has 1 rings (SSSR count). The summed E-state index contributed by atoms with van der Waals surface area (Å²) in [7, 11) is -6.84. The number of sulfonamides is 1. The molecule has 0 amide bonds. The second-order valence-electron chi connectivity index (χ2n) is 4.66. The number of rotatable bonds is 5. The Kier molecular flexibility index (Phi) is 5.28. The van der Waals surface area contributed by atoms with Gasteiger partial charge in [-0.2, -0.15) is 5.26 Å². The van der Waals surface area contributed by atoms with Gasteiger partial charge in [0.25, 0.3) is 0 Å². The van der Waals surface area contributed by atoms with Crippen LogP contribution in [0.3, 0.4) is 0 Å². The van der Waals surface area contributed by atoms with Crippen molar-refractivity contribution in [3.05, 3.63) is 0 Å². The minimum absolute atomic E-state index is 0.278. The van der Waals surface area contributed by atoms with Gasteiger partial charge in [0.2, 0.25) is 10.0 Å². The second kappa shape index (κ2) is 5.99. The molecular formula is C10H18N2O4S3. The Labute approximate surface area is 119 Å². The summed E-state index contributed by atoms with van der Waals surface area (Å²) in [6, 6.07) is 2.24. The third-order valence-corrected chi connectivity index (χ3v) is 7.59. The molecule has 1 saturated heterocycles. The van der Waals surface area contributed by atoms with Crippen molar-refractivity contribution in [3.8, 4) is 6.07 Å². The van der Waals surface area contributed by atoms with E-state index in [1.807, 2.05) is 6.26 Å². The Morgan fingerprint density at radius 1 is 1.21 bits per heavy atom. The van der Waals surface area contributed by atoms with Crippen LogP contribution in [0.1, 0.15) is 12.8 Å². The predicted octanol–water partition coefficient (Wildman–Crippen LogP) is 0.0820. The normalized spacial score (nSPS) is 20.9. The van der Waals surface area contributed by atoms with Gasteiger partial charge in [0.1, 0.15) is 14.6 Å². The average molecular weight is 326 g/mol. The maximum atomic E-state index is 12.0. The number of sulfone groups is 1. The van der Waals surface area contributed by atoms with Gasteiger partial charge < -0.3 is 0 Å². The minimum Gasteiger partial charge on any atom is -0.229 e. The number of hydrogen-bond acceptors (Lipinski definition) is 6. The SMILES string of the molecule is CSC1(C#N)CCN(S(=O)(=O)CCS(C)(=O)=O)CC1. The topological polar surface area (TPSA) is 95.3 Å². The van der Waals surface area contributed by atoms with E-state index in [4.69, 9.17) is 5.26 Å². The molecule has 19 heavy (non-hydrogen) atoms. The van der Waals surface area contributed by atoms with Crippen molar-refractivity contribution in [1.29, 1.82) is 5.26 Å². The third-order valence-electron chi connectivity index (χ3n) is 3.23. The van der Waals surface area contributed by atoms with E-state index in [2.05, 4.69) is 6.07 Å². The quantitative estimate of drug-likeness (QED) is 0.710. The van der Waals surface area contributed by atoms with Gasteiger partial charge in [0.15, 0.2) is 0 Å². The third kappa shape index (κ3) is 4.63. The fourth-order valence-electron chi connectivity index (χ4n) is 1.87. The maximum Gasteiger partial charge on any atom is 0.215 e. The van der Waals surface area contributed by atoms with E-state index in [-0.39, 0.29) is 24.6 Å². The standard InChI is InChI=1S/C10H18N2O4S3/c1-17-10(9-11)3-5-12(6-4-10)19(15,16)8-7-18(2,13)14/h3-8H2,1-2H3. The first-order valence-electron chi connectivity index (χ1n) is 5.76. The van der Waals surface area contributed by atoms with E-state index in [9.17, 15) is 16.8 Å². The number of thioether (sulfide) groups is 1. The van der Waals surface area contributed by atoms with Gasteiger partial charge in [-0.05, 0) is 19.1 Å². The van der Waals surface area contributed by atoms with Gasteiger partial charge >= 0.3 is 0 Å². The molecule has 1 fully saturated rings. The molecule has 0 atom stereocenters. The first-order chi connectivity index (χ1) is 8.64. The van der Waals surface area contributed by atoms with E-state index in [1.54, 1.807) is 0 Å². The summed E-state index contributed by atoms with van der Waals surface area (Å²) in [6.07, 6.45) is 3.82. The Balaban J connectivity index is 2.67. The van der Waals surface area contributed by atoms with Crippen molar-refractivity contribution >= 4 is 31.6 Å². The van der Waals surface area contributed by atoms with E-state index < -0.39 is 24.6 Å². The highest BCUT2D eigenvalue weighted by molar-refractivity contribution is 8.00. The lowest BCUT2D eigenvalue weighted by Crippen LogP contribution is -2.45. The van der Waals surface area contributed by atoms with Crippen LogP contribution in [-0.4, -0.2) is 63.0 Å². The van der Waals surface area contributed by atoms with Crippen LogP contribution in [0.15, 0.2) is 0 Å². The lowest BCUT2D eigenvalue weighted by Gasteiger charge is -2.35. The summed E-state index contributed by atoms with van der Waals surface area (Å²) < 4.78 is 46.8. The molecule has 0 aromatic carbocycles. The second-order valence-corrected chi connectivity index (χ2v) is 10.2. The molecule has 0 aromatic rings. The minimum atomic E-state index is -3.55. The summed E-state index contributed by atoms with van der Waals surface area (Å²) in [5.41, 5.74) is 0. The van der Waals surface area contributed by atoms with Crippen molar-refractivity contribution in [3.63, 3.8) is 0 Å². The van der Waals surface area contributed by atoms with Crippen LogP contribution in [0.4, 0.5) is 0 Å². The van der Waals surface area contributed by atoms with Crippen LogP contribution >= 0.6 is 11.8 Å². The van der Waals surface area contributed by atoms with Gasteiger partial charge in [-0.25, -0.2) is 21.1 Å². The van der Waals surface area contributed by atoms with Crippen molar-refractivity contribution in [2.45, 2.75) is 17.6 Å². The monoisotopic (exact) mass is 326 g/mol. The van der Waals surface area contributed by atoms with Crippen molar-refractivity contribution in [2.75, 3.05) is 37.1 Å². The summed E-state index contributed by atoms with van der Waals surface area (Å²) in [5.74, 6) is -0.748. The highest BCUT2D eigenvalue weighted by Gasteiger charge is 2.37. The highest BCUT2D eigenvalue weighted by atomic mass is 32.2. The molecule has 0 aliphatic carbocycles. The largest absolute Gasteiger partial charge is 0.229 e. The summed E-state index contributed by atoms with van der Waals surface area (Å²) in [4.78, 5) is 0. The van der Waals surface area contributed by atoms with Crippen LogP contribution in [0.25, 0.3) is 0 Å². The van der Waals surface area contributed by atoms with Gasteiger partial charge in [0, 0.05) is 19.3 Å². The maximum absolute atomic E-state index is 12.0. The fraction of sp³-hybridized carbons (Fsp3) is 0.900. The molecule has 0 radical (unpaired) electrons. The van der Waals surface area contributed by atoms with E-state index in [1.165, 1.54) is 16.1 Å². The Hall–Kier alpha value is -0.300. The number of nitriles is 1. The summed E-state index contributed by atoms with van der Waals surface area (Å²) in [6.45, 7) is 0.557. The molecule has 9 heteroatoms. The van der Waals surface area contributed by atoms with Crippen LogP contribution in [0, 0.1) is 11.3 Å². The Morgan fingerprint density at radius 3 is 2.11 bits per heavy atom. The number of nitrogens with zero attached hydrogens (tertiary/aromatic N) is 2. The first kappa shape index (κ1) is 16.8. The number of piperidine rings is 1. The molecule has 1 aliphatic heterocycles. The number of hydrogen-bond donors (Lipinski definition) is 0. The van der Waals surface area contributed by atoms with Crippen molar-refractivity contribution < 1.29 is 16.8 Å². The van der Waals surface area contributed by atoms with Crippen LogP contribution in [-0.2, 0) is 19.9 Å². The molecule has 1 heterocycles. The van der Waals surface area contributed by atoms with Crippen molar-refractivity contribution in [1.82, 2.24) is 4.31 Å². The van der Waals surface area contributed by atoms with Crippen LogP contribution < -0.4 is 0 Å². The van der Waals surface area contributed by atoms with E-state index >= 15 is 0 Å². The van der Waals surface area contributed by atoms with Gasteiger partial charge in [-0.15, -0.1) is 11.8 Å². The zero-order chi connectivity index (χ0) is 14.7. The van der Waals surface area contributed by atoms with E-state index in [0.717, 1.165) is 6.26 Å². The molecule has 6 nitrogen and oxygen atoms in total. The molecular weight excluding hydrogens is 308 g/mol. The highest BCUT2D eigenvalue weighted by Crippen LogP contribution is 2.34. The Morgan fingerprint density at radius 2 is 1.74 bits per heavy atom. The van der Waals surface area contributed by atoms with Gasteiger partial charge in [-0.3, -0.25) is 0 Å².